The Labute approximate surface area is 293 Å². The van der Waals surface area contributed by atoms with Crippen molar-refractivity contribution < 1.29 is 14.3 Å². The van der Waals surface area contributed by atoms with E-state index < -0.39 is 5.97 Å². The zero-order valence-corrected chi connectivity index (χ0v) is 28.8. The van der Waals surface area contributed by atoms with Crippen LogP contribution in [0.1, 0.15) is 47.8 Å². The Balaban J connectivity index is 0.000000175. The summed E-state index contributed by atoms with van der Waals surface area (Å²) in [5, 5.41) is 12.3. The monoisotopic (exact) mass is 666 g/mol. The van der Waals surface area contributed by atoms with Gasteiger partial charge in [-0.05, 0) is 64.3 Å². The van der Waals surface area contributed by atoms with E-state index >= 15 is 0 Å². The molecule has 1 saturated heterocycles. The average Bonchev–Trinajstić information content (AvgIpc) is 3.69. The lowest BCUT2D eigenvalue weighted by atomic mass is 10.1. The number of hydrogen-bond donors (Lipinski definition) is 1. The number of benzene rings is 4. The lowest BCUT2D eigenvalue weighted by Gasteiger charge is -2.26. The van der Waals surface area contributed by atoms with Gasteiger partial charge in [0, 0.05) is 35.3 Å². The Morgan fingerprint density at radius 3 is 1.60 bits per heavy atom. The molecule has 0 unspecified atom stereocenters. The van der Waals surface area contributed by atoms with Crippen LogP contribution in [0.5, 0.6) is 0 Å². The normalized spacial score (nSPS) is 12.5. The maximum absolute atomic E-state index is 12.7. The second-order valence-corrected chi connectivity index (χ2v) is 12.1. The lowest BCUT2D eigenvalue weighted by molar-refractivity contribution is 0.0518. The van der Waals surface area contributed by atoms with Crippen molar-refractivity contribution in [3.63, 3.8) is 0 Å². The van der Waals surface area contributed by atoms with Crippen molar-refractivity contribution in [3.8, 4) is 33.9 Å². The van der Waals surface area contributed by atoms with Crippen LogP contribution in [0.3, 0.4) is 0 Å². The highest BCUT2D eigenvalue weighted by Gasteiger charge is 2.24. The summed E-state index contributed by atoms with van der Waals surface area (Å²) in [6, 6.07) is 39.9. The number of rotatable bonds is 7. The van der Waals surface area contributed by atoms with E-state index in [0.717, 1.165) is 70.9 Å². The third kappa shape index (κ3) is 7.52. The van der Waals surface area contributed by atoms with Crippen molar-refractivity contribution in [2.24, 2.45) is 0 Å². The molecule has 0 aliphatic carbocycles. The number of hydrogen-bond acceptors (Lipinski definition) is 5. The summed E-state index contributed by atoms with van der Waals surface area (Å²) in [6.45, 7) is 7.67. The largest absolute Gasteiger partial charge is 0.461 e. The third-order valence-electron chi connectivity index (χ3n) is 8.68. The van der Waals surface area contributed by atoms with Gasteiger partial charge in [-0.3, -0.25) is 5.32 Å². The lowest BCUT2D eigenvalue weighted by Crippen LogP contribution is -2.38. The Bertz CT molecular complexity index is 2020. The molecule has 1 N–H and O–H groups in total. The van der Waals surface area contributed by atoms with E-state index in [1.165, 1.54) is 6.42 Å². The van der Waals surface area contributed by atoms with E-state index in [2.05, 4.69) is 22.5 Å². The number of carbonyl (C=O) groups excluding carboxylic acids is 2. The number of amides is 2. The molecule has 6 aromatic rings. The van der Waals surface area contributed by atoms with Gasteiger partial charge in [-0.15, -0.1) is 5.10 Å². The second kappa shape index (κ2) is 16.0. The van der Waals surface area contributed by atoms with Crippen LogP contribution < -0.4 is 5.32 Å². The molecule has 2 amide bonds. The van der Waals surface area contributed by atoms with Gasteiger partial charge in [0.15, 0.2) is 11.5 Å². The van der Waals surface area contributed by atoms with Crippen LogP contribution in [-0.2, 0) is 4.74 Å². The molecule has 4 aromatic carbocycles. The first-order valence-electron chi connectivity index (χ1n) is 17.1. The zero-order valence-electron chi connectivity index (χ0n) is 28.8. The minimum atomic E-state index is -0.392. The highest BCUT2D eigenvalue weighted by atomic mass is 16.5. The maximum atomic E-state index is 12.7. The van der Waals surface area contributed by atoms with Gasteiger partial charge in [0.05, 0.1) is 29.4 Å². The second-order valence-electron chi connectivity index (χ2n) is 12.1. The van der Waals surface area contributed by atoms with E-state index in [1.807, 2.05) is 133 Å². The van der Waals surface area contributed by atoms with Crippen LogP contribution >= 0.6 is 0 Å². The Morgan fingerprint density at radius 2 is 1.10 bits per heavy atom. The Hall–Kier alpha value is -5.96. The van der Waals surface area contributed by atoms with Crippen molar-refractivity contribution in [3.05, 3.63) is 138 Å². The molecule has 1 fully saturated rings. The molecule has 0 spiro atoms. The molecule has 0 bridgehead atoms. The van der Waals surface area contributed by atoms with Crippen LogP contribution in [0, 0.1) is 13.8 Å². The summed E-state index contributed by atoms with van der Waals surface area (Å²) >= 11 is 0. The molecule has 9 heteroatoms. The van der Waals surface area contributed by atoms with Gasteiger partial charge in [0.1, 0.15) is 0 Å². The van der Waals surface area contributed by atoms with Crippen LogP contribution in [0.15, 0.2) is 121 Å². The van der Waals surface area contributed by atoms with Crippen LogP contribution in [0.25, 0.3) is 33.9 Å². The number of nitrogens with zero attached hydrogens (tertiary/aromatic N) is 5. The van der Waals surface area contributed by atoms with E-state index in [1.54, 1.807) is 11.6 Å². The fourth-order valence-electron chi connectivity index (χ4n) is 6.16. The average molecular weight is 667 g/mol. The minimum absolute atomic E-state index is 0.0601. The molecule has 50 heavy (non-hydrogen) atoms. The molecule has 3 heterocycles. The fourth-order valence-corrected chi connectivity index (χ4v) is 6.16. The fraction of sp³-hybridized carbons (Fsp3) is 0.220. The summed E-state index contributed by atoms with van der Waals surface area (Å²) < 4.78 is 8.85. The molecule has 254 valence electrons. The number of anilines is 1. The predicted octanol–water partition coefficient (Wildman–Crippen LogP) is 8.89. The van der Waals surface area contributed by atoms with Crippen LogP contribution in [0.2, 0.25) is 0 Å². The van der Waals surface area contributed by atoms with E-state index in [0.29, 0.717) is 18.1 Å². The van der Waals surface area contributed by atoms with Crippen LogP contribution in [-0.4, -0.2) is 56.2 Å². The summed E-state index contributed by atoms with van der Waals surface area (Å²) in [4.78, 5) is 26.8. The molecule has 0 saturated carbocycles. The number of carbonyl (C=O) groups is 2. The molecule has 9 nitrogen and oxygen atoms in total. The molecular formula is C41H42N6O3. The van der Waals surface area contributed by atoms with Crippen molar-refractivity contribution in [2.75, 3.05) is 25.0 Å². The Kier molecular flexibility index (Phi) is 10.8. The standard InChI is InChI=1S/C22H24N4O.C19H18N2O2/c1-17-20(18-11-5-2-6-12-18)26(19-13-7-3-8-14-19)24-21(17)23-22(27)25-15-9-4-10-16-25;1-3-23-19(22)17-14(2)18(15-10-6-4-7-11-15)21(20-17)16-12-8-5-9-13-16/h2-3,5-8,11-14H,4,9-10,15-16H2,1H3,(H,23,24,27);4-13H,3H2,1-2H3. The molecule has 1 aliphatic rings. The zero-order chi connectivity index (χ0) is 34.9. The van der Waals surface area contributed by atoms with E-state index in [-0.39, 0.29) is 6.03 Å². The van der Waals surface area contributed by atoms with Gasteiger partial charge >= 0.3 is 12.0 Å². The summed E-state index contributed by atoms with van der Waals surface area (Å²) in [5.74, 6) is 0.227. The van der Waals surface area contributed by atoms with Gasteiger partial charge in [-0.2, -0.15) is 5.10 Å². The van der Waals surface area contributed by atoms with Gasteiger partial charge in [-0.1, -0.05) is 97.1 Å². The number of urea groups is 1. The van der Waals surface area contributed by atoms with Crippen LogP contribution in [0.4, 0.5) is 10.6 Å². The smallest absolute Gasteiger partial charge is 0.359 e. The Morgan fingerprint density at radius 1 is 0.640 bits per heavy atom. The maximum Gasteiger partial charge on any atom is 0.359 e. The van der Waals surface area contributed by atoms with Gasteiger partial charge in [-0.25, -0.2) is 19.0 Å². The molecule has 1 aliphatic heterocycles. The molecule has 2 aromatic heterocycles. The number of piperidine rings is 1. The summed E-state index contributed by atoms with van der Waals surface area (Å²) in [5.41, 5.74) is 8.00. The van der Waals surface area contributed by atoms with E-state index in [9.17, 15) is 9.59 Å². The number of likely N-dealkylation sites (tertiary alicyclic amines) is 1. The first kappa shape index (κ1) is 33.9. The number of para-hydroxylation sites is 2. The van der Waals surface area contributed by atoms with Crippen molar-refractivity contribution in [1.29, 1.82) is 0 Å². The van der Waals surface area contributed by atoms with E-state index in [4.69, 9.17) is 9.84 Å². The summed E-state index contributed by atoms with van der Waals surface area (Å²) in [6.07, 6.45) is 3.34. The molecule has 0 atom stereocenters. The molecule has 7 rings (SSSR count). The van der Waals surface area contributed by atoms with Gasteiger partial charge in [0.25, 0.3) is 0 Å². The van der Waals surface area contributed by atoms with Gasteiger partial charge in [0.2, 0.25) is 0 Å². The predicted molar refractivity (Wildman–Crippen MR) is 198 cm³/mol. The van der Waals surface area contributed by atoms with Crippen molar-refractivity contribution in [2.45, 2.75) is 40.0 Å². The third-order valence-corrected chi connectivity index (χ3v) is 8.68. The first-order chi connectivity index (χ1) is 24.5. The minimum Gasteiger partial charge on any atom is -0.461 e. The molecular weight excluding hydrogens is 624 g/mol. The highest BCUT2D eigenvalue weighted by Crippen LogP contribution is 2.32. The van der Waals surface area contributed by atoms with Crippen molar-refractivity contribution >= 4 is 17.8 Å². The topological polar surface area (TPSA) is 94.3 Å². The number of aromatic nitrogens is 4. The first-order valence-corrected chi connectivity index (χ1v) is 17.1. The summed E-state index contributed by atoms with van der Waals surface area (Å²) in [7, 11) is 0. The number of ether oxygens (including phenoxy) is 1. The number of nitrogens with one attached hydrogen (secondary N) is 1. The molecule has 0 radical (unpaired) electrons. The van der Waals surface area contributed by atoms with Gasteiger partial charge < -0.3 is 9.64 Å². The quantitative estimate of drug-likeness (QED) is 0.172. The highest BCUT2D eigenvalue weighted by molar-refractivity contribution is 5.92. The number of esters is 1. The van der Waals surface area contributed by atoms with Crippen molar-refractivity contribution in [1.82, 2.24) is 24.5 Å². The SMILES string of the molecule is CCOC(=O)c1nn(-c2ccccc2)c(-c2ccccc2)c1C.Cc1c(NC(=O)N2CCCCC2)nn(-c2ccccc2)c1-c1ccccc1.